The average Bonchev–Trinajstić information content (AvgIpc) is 2.89. The molecular weight excluding hydrogens is 319 g/mol. The second kappa shape index (κ2) is 6.18. The molecule has 1 N–H and O–H groups in total. The Morgan fingerprint density at radius 3 is 2.55 bits per heavy atom. The van der Waals surface area contributed by atoms with Crippen LogP contribution in [0.1, 0.15) is 39.0 Å². The Kier molecular flexibility index (Phi) is 4.95. The van der Waals surface area contributed by atoms with Gasteiger partial charge in [-0.05, 0) is 30.7 Å². The molecule has 0 bridgehead atoms. The number of nitrogens with one attached hydrogen (secondary N) is 1. The van der Waals surface area contributed by atoms with Crippen molar-refractivity contribution in [3.05, 3.63) is 22.4 Å². The molecule has 4 nitrogen and oxygen atoms in total. The second-order valence-electron chi connectivity index (χ2n) is 5.33. The molecule has 1 fully saturated rings. The van der Waals surface area contributed by atoms with Gasteiger partial charge in [-0.1, -0.05) is 43.0 Å². The molecule has 0 saturated heterocycles. The first-order valence-electron chi connectivity index (χ1n) is 6.69. The maximum absolute atomic E-state index is 12.3. The van der Waals surface area contributed by atoms with Crippen LogP contribution < -0.4 is 4.72 Å². The molecule has 0 atom stereocenters. The van der Waals surface area contributed by atoms with E-state index in [0.717, 1.165) is 19.3 Å². The Hall–Kier alpha value is -0.360. The summed E-state index contributed by atoms with van der Waals surface area (Å²) in [4.78, 5) is 3.83. The highest BCUT2D eigenvalue weighted by Crippen LogP contribution is 2.40. The van der Waals surface area contributed by atoms with Crippen LogP contribution in [-0.4, -0.2) is 19.9 Å². The van der Waals surface area contributed by atoms with Crippen LogP contribution in [0, 0.1) is 5.41 Å². The predicted molar refractivity (Wildman–Crippen MR) is 80.6 cm³/mol. The zero-order valence-electron chi connectivity index (χ0n) is 11.3. The molecule has 20 heavy (non-hydrogen) atoms. The molecule has 7 heteroatoms. The quantitative estimate of drug-likeness (QED) is 0.835. The topological polar surface area (TPSA) is 59.1 Å². The van der Waals surface area contributed by atoms with Gasteiger partial charge in [-0.25, -0.2) is 18.1 Å². The molecule has 1 aliphatic carbocycles. The van der Waals surface area contributed by atoms with Crippen LogP contribution in [0.15, 0.2) is 17.2 Å². The molecule has 2 rings (SSSR count). The van der Waals surface area contributed by atoms with Crippen molar-refractivity contribution in [2.75, 3.05) is 6.54 Å². The first-order chi connectivity index (χ1) is 9.38. The van der Waals surface area contributed by atoms with Gasteiger partial charge in [0.05, 0.1) is 5.02 Å². The lowest BCUT2D eigenvalue weighted by Crippen LogP contribution is -2.35. The lowest BCUT2D eigenvalue weighted by atomic mass is 9.84. The van der Waals surface area contributed by atoms with Crippen molar-refractivity contribution in [1.29, 1.82) is 0 Å². The second-order valence-corrected chi connectivity index (χ2v) is 7.86. The van der Waals surface area contributed by atoms with E-state index in [4.69, 9.17) is 23.2 Å². The lowest BCUT2D eigenvalue weighted by molar-refractivity contribution is 0.285. The van der Waals surface area contributed by atoms with Gasteiger partial charge in [-0.15, -0.1) is 0 Å². The smallest absolute Gasteiger partial charge is 0.242 e. The van der Waals surface area contributed by atoms with Crippen molar-refractivity contribution in [2.24, 2.45) is 5.41 Å². The third-order valence-corrected chi connectivity index (χ3v) is 6.19. The molecule has 0 unspecified atom stereocenters. The minimum Gasteiger partial charge on any atom is -0.242 e. The molecule has 0 radical (unpaired) electrons. The van der Waals surface area contributed by atoms with Gasteiger partial charge in [0, 0.05) is 12.7 Å². The summed E-state index contributed by atoms with van der Waals surface area (Å²) in [6.45, 7) is 2.58. The highest BCUT2D eigenvalue weighted by Gasteiger charge is 2.33. The summed E-state index contributed by atoms with van der Waals surface area (Å²) < 4.78 is 27.2. The van der Waals surface area contributed by atoms with Gasteiger partial charge in [-0.2, -0.15) is 0 Å². The van der Waals surface area contributed by atoms with Crippen LogP contribution >= 0.6 is 23.2 Å². The summed E-state index contributed by atoms with van der Waals surface area (Å²) in [5, 5.41) is 0.243. The van der Waals surface area contributed by atoms with E-state index in [2.05, 4.69) is 16.6 Å². The fourth-order valence-corrected chi connectivity index (χ4v) is 4.12. The molecule has 0 amide bonds. The SMILES string of the molecule is CCC1(CNS(=O)(=O)c2cnc(Cl)c(Cl)c2)CCCC1. The largest absolute Gasteiger partial charge is 0.242 e. The molecule has 112 valence electrons. The van der Waals surface area contributed by atoms with Crippen molar-refractivity contribution >= 4 is 33.2 Å². The van der Waals surface area contributed by atoms with Crippen LogP contribution in [0.2, 0.25) is 10.2 Å². The molecule has 0 aromatic carbocycles. The molecule has 1 aromatic heterocycles. The summed E-state index contributed by atoms with van der Waals surface area (Å²) in [5.74, 6) is 0. The highest BCUT2D eigenvalue weighted by atomic mass is 35.5. The van der Waals surface area contributed by atoms with E-state index in [9.17, 15) is 8.42 Å². The van der Waals surface area contributed by atoms with Gasteiger partial charge in [0.1, 0.15) is 10.0 Å². The monoisotopic (exact) mass is 336 g/mol. The zero-order chi connectivity index (χ0) is 14.8. The van der Waals surface area contributed by atoms with E-state index >= 15 is 0 Å². The third-order valence-electron chi connectivity index (χ3n) is 4.13. The van der Waals surface area contributed by atoms with Gasteiger partial charge < -0.3 is 0 Å². The number of hydrogen-bond donors (Lipinski definition) is 1. The molecule has 0 aliphatic heterocycles. The van der Waals surface area contributed by atoms with Crippen molar-refractivity contribution in [2.45, 2.75) is 43.9 Å². The van der Waals surface area contributed by atoms with Crippen LogP contribution in [-0.2, 0) is 10.0 Å². The van der Waals surface area contributed by atoms with Crippen LogP contribution in [0.5, 0.6) is 0 Å². The van der Waals surface area contributed by atoms with E-state index < -0.39 is 10.0 Å². The summed E-state index contributed by atoms with van der Waals surface area (Å²) in [6.07, 6.45) is 6.70. The fraction of sp³-hybridized carbons (Fsp3) is 0.615. The predicted octanol–water partition coefficient (Wildman–Crippen LogP) is 3.64. The fourth-order valence-electron chi connectivity index (χ4n) is 2.66. The number of rotatable bonds is 5. The van der Waals surface area contributed by atoms with E-state index in [1.54, 1.807) is 0 Å². The third kappa shape index (κ3) is 3.45. The van der Waals surface area contributed by atoms with Crippen molar-refractivity contribution < 1.29 is 8.42 Å². The Bertz CT molecular complexity index is 584. The average molecular weight is 337 g/mol. The van der Waals surface area contributed by atoms with E-state index in [0.29, 0.717) is 6.54 Å². The molecule has 1 saturated carbocycles. The van der Waals surface area contributed by atoms with E-state index in [-0.39, 0.29) is 20.5 Å². The van der Waals surface area contributed by atoms with Crippen LogP contribution in [0.4, 0.5) is 0 Å². The molecule has 1 aromatic rings. The molecule has 0 spiro atoms. The lowest BCUT2D eigenvalue weighted by Gasteiger charge is -2.27. The number of sulfonamides is 1. The number of nitrogens with zero attached hydrogens (tertiary/aromatic N) is 1. The first-order valence-corrected chi connectivity index (χ1v) is 8.93. The number of hydrogen-bond acceptors (Lipinski definition) is 3. The standard InChI is InChI=1S/C13H18Cl2N2O2S/c1-2-13(5-3-4-6-13)9-17-20(18,19)10-7-11(14)12(15)16-8-10/h7-8,17H,2-6,9H2,1H3. The highest BCUT2D eigenvalue weighted by molar-refractivity contribution is 7.89. The Morgan fingerprint density at radius 1 is 1.35 bits per heavy atom. The maximum atomic E-state index is 12.3. The summed E-state index contributed by atoms with van der Waals surface area (Å²) in [7, 11) is -3.59. The Balaban J connectivity index is 2.13. The van der Waals surface area contributed by atoms with Gasteiger partial charge in [-0.3, -0.25) is 0 Å². The first kappa shape index (κ1) is 16.0. The van der Waals surface area contributed by atoms with Crippen molar-refractivity contribution in [3.63, 3.8) is 0 Å². The van der Waals surface area contributed by atoms with Crippen LogP contribution in [0.25, 0.3) is 0 Å². The normalized spacial score (nSPS) is 18.4. The number of pyridine rings is 1. The number of aromatic nitrogens is 1. The summed E-state index contributed by atoms with van der Waals surface area (Å²) in [6, 6.07) is 1.33. The zero-order valence-corrected chi connectivity index (χ0v) is 13.7. The van der Waals surface area contributed by atoms with Crippen molar-refractivity contribution in [1.82, 2.24) is 9.71 Å². The minimum absolute atomic E-state index is 0.0520. The Labute approximate surface area is 129 Å². The minimum atomic E-state index is -3.59. The van der Waals surface area contributed by atoms with Crippen LogP contribution in [0.3, 0.4) is 0 Å². The molecule has 1 heterocycles. The Morgan fingerprint density at radius 2 is 2.00 bits per heavy atom. The molecule has 1 aliphatic rings. The van der Waals surface area contributed by atoms with E-state index in [1.165, 1.54) is 25.1 Å². The molecular formula is C13H18Cl2N2O2S. The maximum Gasteiger partial charge on any atom is 0.242 e. The van der Waals surface area contributed by atoms with Gasteiger partial charge in [0.25, 0.3) is 0 Å². The summed E-state index contributed by atoms with van der Waals surface area (Å²) in [5.41, 5.74) is 0.0940. The van der Waals surface area contributed by atoms with E-state index in [1.807, 2.05) is 0 Å². The number of halogens is 2. The summed E-state index contributed by atoms with van der Waals surface area (Å²) >= 11 is 11.5. The van der Waals surface area contributed by atoms with Gasteiger partial charge in [0.15, 0.2) is 0 Å². The van der Waals surface area contributed by atoms with Gasteiger partial charge >= 0.3 is 0 Å². The van der Waals surface area contributed by atoms with Gasteiger partial charge in [0.2, 0.25) is 10.0 Å². The van der Waals surface area contributed by atoms with Crippen molar-refractivity contribution in [3.8, 4) is 0 Å².